The van der Waals surface area contributed by atoms with Gasteiger partial charge in [0.1, 0.15) is 29.4 Å². The third-order valence-electron chi connectivity index (χ3n) is 8.15. The fourth-order valence-electron chi connectivity index (χ4n) is 5.70. The summed E-state index contributed by atoms with van der Waals surface area (Å²) in [6, 6.07) is 3.48. The van der Waals surface area contributed by atoms with Crippen LogP contribution in [0.2, 0.25) is 0 Å². The smallest absolute Gasteiger partial charge is 0.286 e. The molecule has 0 aromatic heterocycles. The summed E-state index contributed by atoms with van der Waals surface area (Å²) >= 11 is 0. The van der Waals surface area contributed by atoms with Gasteiger partial charge in [0.2, 0.25) is 0 Å². The Balaban J connectivity index is 1.34. The van der Waals surface area contributed by atoms with Crippen LogP contribution in [0.1, 0.15) is 58.4 Å². The number of unbranched alkanes of at least 4 members (excludes halogenated alkanes) is 2. The summed E-state index contributed by atoms with van der Waals surface area (Å²) in [7, 11) is 1.34. The first kappa shape index (κ1) is 35.3. The maximum absolute atomic E-state index is 13.2. The van der Waals surface area contributed by atoms with Crippen molar-refractivity contribution in [2.45, 2.75) is 51.1 Å². The lowest BCUT2D eigenvalue weighted by Crippen LogP contribution is -2.36. The molecule has 0 radical (unpaired) electrons. The highest BCUT2D eigenvalue weighted by molar-refractivity contribution is 6.01. The van der Waals surface area contributed by atoms with Crippen LogP contribution in [0.4, 0.5) is 11.4 Å². The summed E-state index contributed by atoms with van der Waals surface area (Å²) in [6.45, 7) is 9.93. The molecular formula is C33H36N4O11. The average molecular weight is 665 g/mol. The van der Waals surface area contributed by atoms with Gasteiger partial charge in [0.25, 0.3) is 23.2 Å². The molecule has 0 bridgehead atoms. The van der Waals surface area contributed by atoms with Crippen LogP contribution >= 0.6 is 0 Å². The van der Waals surface area contributed by atoms with Gasteiger partial charge < -0.3 is 33.6 Å². The van der Waals surface area contributed by atoms with E-state index in [-0.39, 0.29) is 54.7 Å². The number of ether oxygens (including phenoxy) is 3. The molecule has 2 heterocycles. The second-order valence-corrected chi connectivity index (χ2v) is 11.6. The third-order valence-corrected chi connectivity index (χ3v) is 8.15. The molecule has 2 saturated heterocycles. The molecule has 0 spiro atoms. The van der Waals surface area contributed by atoms with Gasteiger partial charge in [-0.1, -0.05) is 24.3 Å². The summed E-state index contributed by atoms with van der Waals surface area (Å²) in [5.41, 5.74) is 0.585. The molecule has 0 unspecified atom stereocenters. The first-order chi connectivity index (χ1) is 22.9. The Kier molecular flexibility index (Phi) is 11.3. The molecule has 0 aliphatic carbocycles. The van der Waals surface area contributed by atoms with Crippen LogP contribution in [0.15, 0.2) is 48.6 Å². The van der Waals surface area contributed by atoms with Crippen LogP contribution in [0.3, 0.4) is 0 Å². The molecule has 2 aromatic rings. The molecule has 2 atom stereocenters. The van der Waals surface area contributed by atoms with E-state index in [1.165, 1.54) is 35.1 Å². The second-order valence-electron chi connectivity index (χ2n) is 11.6. The van der Waals surface area contributed by atoms with Gasteiger partial charge in [-0.2, -0.15) is 0 Å². The maximum atomic E-state index is 13.2. The SMILES string of the molecule is C=C1C[C@@H](C=O)N(C(=O)c2cc(C)c(OCCCCCOc3cc([N+](=O)[O-])c(C(=O)N4CC(=C)C[C@H]4C=O)cc3OC)cc2[N+](=O)[O-])C1. The standard InChI is InChI=1S/C33H36N4O11/c1-20-10-23(18-38)34(16-20)32(40)25-12-22(3)29(14-27(25)36(42)43)47-8-6-5-7-9-48-31-15-28(37(44)45)26(13-30(31)46-4)33(41)35-17-21(2)11-24(35)19-39/h12-15,18-19,23-24H,1-2,5-11,16-17H2,3-4H3/t23-,24-/m0/s1. The summed E-state index contributed by atoms with van der Waals surface area (Å²) < 4.78 is 16.9. The van der Waals surface area contributed by atoms with Crippen LogP contribution in [0.25, 0.3) is 0 Å². The normalized spacial score (nSPS) is 17.3. The topological polar surface area (TPSA) is 189 Å². The minimum Gasteiger partial charge on any atom is -0.493 e. The maximum Gasteiger partial charge on any atom is 0.286 e. The predicted octanol–water partition coefficient (Wildman–Crippen LogP) is 4.39. The van der Waals surface area contributed by atoms with E-state index < -0.39 is 45.1 Å². The number of hydrogen-bond donors (Lipinski definition) is 0. The Morgan fingerprint density at radius 2 is 1.25 bits per heavy atom. The lowest BCUT2D eigenvalue weighted by Gasteiger charge is -2.21. The fraction of sp³-hybridized carbons (Fsp3) is 0.394. The summed E-state index contributed by atoms with van der Waals surface area (Å²) in [4.78, 5) is 74.1. The number of aldehydes is 2. The molecule has 15 nitrogen and oxygen atoms in total. The highest BCUT2D eigenvalue weighted by Crippen LogP contribution is 2.37. The van der Waals surface area contributed by atoms with Gasteiger partial charge in [0, 0.05) is 19.2 Å². The fourth-order valence-corrected chi connectivity index (χ4v) is 5.70. The highest BCUT2D eigenvalue weighted by atomic mass is 16.6. The zero-order valence-electron chi connectivity index (χ0n) is 26.7. The highest BCUT2D eigenvalue weighted by Gasteiger charge is 2.36. The summed E-state index contributed by atoms with van der Waals surface area (Å²) in [6.07, 6.45) is 3.52. The minimum atomic E-state index is -0.753. The van der Waals surface area contributed by atoms with E-state index in [0.29, 0.717) is 61.4 Å². The molecule has 15 heteroatoms. The van der Waals surface area contributed by atoms with E-state index >= 15 is 0 Å². The van der Waals surface area contributed by atoms with Crippen molar-refractivity contribution >= 4 is 35.8 Å². The Morgan fingerprint density at radius 1 is 0.792 bits per heavy atom. The van der Waals surface area contributed by atoms with Gasteiger partial charge in [-0.05, 0) is 50.7 Å². The monoisotopic (exact) mass is 664 g/mol. The average Bonchev–Trinajstić information content (AvgIpc) is 3.64. The van der Waals surface area contributed by atoms with E-state index in [1.807, 2.05) is 0 Å². The summed E-state index contributed by atoms with van der Waals surface area (Å²) in [5, 5.41) is 23.7. The number of nitrogens with zero attached hydrogens (tertiary/aromatic N) is 4. The number of hydrogen-bond acceptors (Lipinski definition) is 11. The van der Waals surface area contributed by atoms with Crippen LogP contribution in [0.5, 0.6) is 17.2 Å². The molecule has 48 heavy (non-hydrogen) atoms. The van der Waals surface area contributed by atoms with Gasteiger partial charge >= 0.3 is 0 Å². The van der Waals surface area contributed by atoms with E-state index in [9.17, 15) is 39.4 Å². The number of likely N-dealkylation sites (tertiary alicyclic amines) is 2. The Bertz CT molecular complexity index is 1670. The van der Waals surface area contributed by atoms with Crippen molar-refractivity contribution in [3.8, 4) is 17.2 Å². The van der Waals surface area contributed by atoms with Crippen molar-refractivity contribution in [3.05, 3.63) is 85.5 Å². The molecule has 0 N–H and O–H groups in total. The van der Waals surface area contributed by atoms with Crippen LogP contribution in [-0.2, 0) is 9.59 Å². The number of amides is 2. The van der Waals surface area contributed by atoms with E-state index in [1.54, 1.807) is 6.92 Å². The summed E-state index contributed by atoms with van der Waals surface area (Å²) in [5.74, 6) is -0.877. The van der Waals surface area contributed by atoms with Gasteiger partial charge in [-0.15, -0.1) is 0 Å². The van der Waals surface area contributed by atoms with E-state index in [4.69, 9.17) is 14.2 Å². The van der Waals surface area contributed by atoms with E-state index in [2.05, 4.69) is 13.2 Å². The largest absolute Gasteiger partial charge is 0.493 e. The zero-order valence-corrected chi connectivity index (χ0v) is 26.7. The molecule has 2 amide bonds. The van der Waals surface area contributed by atoms with Gasteiger partial charge in [0.05, 0.1) is 54.4 Å². The number of aryl methyl sites for hydroxylation is 1. The van der Waals surface area contributed by atoms with Crippen molar-refractivity contribution in [2.24, 2.45) is 0 Å². The Labute approximate surface area is 276 Å². The van der Waals surface area contributed by atoms with Crippen LogP contribution in [0, 0.1) is 27.2 Å². The van der Waals surface area contributed by atoms with Crippen molar-refractivity contribution in [1.82, 2.24) is 9.80 Å². The lowest BCUT2D eigenvalue weighted by atomic mass is 10.1. The molecule has 0 saturated carbocycles. The number of carbonyl (C=O) groups excluding carboxylic acids is 4. The van der Waals surface area contributed by atoms with Gasteiger partial charge in [0.15, 0.2) is 11.5 Å². The molecule has 254 valence electrons. The third kappa shape index (κ3) is 7.67. The van der Waals surface area contributed by atoms with Crippen LogP contribution in [-0.4, -0.2) is 89.5 Å². The first-order valence-corrected chi connectivity index (χ1v) is 15.2. The predicted molar refractivity (Wildman–Crippen MR) is 172 cm³/mol. The van der Waals surface area contributed by atoms with Crippen molar-refractivity contribution < 1.29 is 43.2 Å². The van der Waals surface area contributed by atoms with Crippen LogP contribution < -0.4 is 14.2 Å². The molecule has 2 aromatic carbocycles. The van der Waals surface area contributed by atoms with Crippen molar-refractivity contribution in [2.75, 3.05) is 33.4 Å². The number of methoxy groups -OCH3 is 1. The number of carbonyl (C=O) groups is 4. The lowest BCUT2D eigenvalue weighted by molar-refractivity contribution is -0.385. The van der Waals surface area contributed by atoms with Gasteiger partial charge in [-0.3, -0.25) is 29.8 Å². The number of rotatable bonds is 15. The Hall–Kier alpha value is -5.60. The van der Waals surface area contributed by atoms with Crippen molar-refractivity contribution in [1.29, 1.82) is 0 Å². The zero-order chi connectivity index (χ0) is 35.1. The van der Waals surface area contributed by atoms with Gasteiger partial charge in [-0.25, -0.2) is 0 Å². The molecular weight excluding hydrogens is 628 g/mol. The Morgan fingerprint density at radius 3 is 1.71 bits per heavy atom. The number of nitro groups is 2. The second kappa shape index (κ2) is 15.3. The number of benzene rings is 2. The molecule has 2 aliphatic rings. The van der Waals surface area contributed by atoms with E-state index in [0.717, 1.165) is 6.07 Å². The number of nitro benzene ring substituents is 2. The first-order valence-electron chi connectivity index (χ1n) is 15.2. The minimum absolute atomic E-state index is 0.0741. The molecule has 4 rings (SSSR count). The molecule has 2 fully saturated rings. The quantitative estimate of drug-likeness (QED) is 0.0863. The van der Waals surface area contributed by atoms with Crippen molar-refractivity contribution in [3.63, 3.8) is 0 Å². The molecule has 2 aliphatic heterocycles.